The largest absolute Gasteiger partial charge is 0.396 e. The highest BCUT2D eigenvalue weighted by Gasteiger charge is 2.23. The standard InChI is InChI=1S/C12H18BrFN2O3S/c1-7(2)3-8(6-17)16-20(18,19)12-5-11(15)10(14)4-9(12)13/h4-5,7-8,16-17H,3,6,15H2,1-2H3. The minimum atomic E-state index is -3.89. The number of aliphatic hydroxyl groups is 1. The van der Waals surface area contributed by atoms with E-state index in [1.807, 2.05) is 13.8 Å². The van der Waals surface area contributed by atoms with E-state index in [2.05, 4.69) is 20.7 Å². The van der Waals surface area contributed by atoms with Gasteiger partial charge in [-0.2, -0.15) is 0 Å². The number of halogens is 2. The zero-order valence-corrected chi connectivity index (χ0v) is 13.6. The van der Waals surface area contributed by atoms with Gasteiger partial charge < -0.3 is 10.8 Å². The molecular formula is C12H18BrFN2O3S. The van der Waals surface area contributed by atoms with Crippen molar-refractivity contribution in [3.05, 3.63) is 22.4 Å². The number of aliphatic hydroxyl groups excluding tert-OH is 1. The van der Waals surface area contributed by atoms with E-state index in [1.165, 1.54) is 0 Å². The second kappa shape index (κ2) is 6.84. The van der Waals surface area contributed by atoms with E-state index in [0.29, 0.717) is 6.42 Å². The van der Waals surface area contributed by atoms with Crippen molar-refractivity contribution in [3.63, 3.8) is 0 Å². The SMILES string of the molecule is CC(C)CC(CO)NS(=O)(=O)c1cc(N)c(F)cc1Br. The molecule has 4 N–H and O–H groups in total. The van der Waals surface area contributed by atoms with Gasteiger partial charge in [0.15, 0.2) is 0 Å². The summed E-state index contributed by atoms with van der Waals surface area (Å²) in [6.45, 7) is 3.53. The van der Waals surface area contributed by atoms with Crippen LogP contribution < -0.4 is 10.5 Å². The Kier molecular flexibility index (Phi) is 5.93. The molecule has 0 heterocycles. The summed E-state index contributed by atoms with van der Waals surface area (Å²) in [5.41, 5.74) is 5.14. The van der Waals surface area contributed by atoms with Crippen molar-refractivity contribution in [2.45, 2.75) is 31.2 Å². The number of nitrogens with two attached hydrogens (primary N) is 1. The molecule has 0 amide bonds. The minimum Gasteiger partial charge on any atom is -0.396 e. The van der Waals surface area contributed by atoms with Gasteiger partial charge in [0.25, 0.3) is 0 Å². The van der Waals surface area contributed by atoms with Gasteiger partial charge >= 0.3 is 0 Å². The number of benzene rings is 1. The van der Waals surface area contributed by atoms with Gasteiger partial charge in [0, 0.05) is 10.5 Å². The van der Waals surface area contributed by atoms with Crippen molar-refractivity contribution in [2.24, 2.45) is 5.92 Å². The highest BCUT2D eigenvalue weighted by Crippen LogP contribution is 2.27. The molecule has 1 atom stereocenters. The maximum Gasteiger partial charge on any atom is 0.242 e. The summed E-state index contributed by atoms with van der Waals surface area (Å²) in [6, 6.07) is 1.45. The summed E-state index contributed by atoms with van der Waals surface area (Å²) < 4.78 is 40.2. The number of hydrogen-bond acceptors (Lipinski definition) is 4. The number of rotatable bonds is 6. The highest BCUT2D eigenvalue weighted by molar-refractivity contribution is 9.10. The van der Waals surface area contributed by atoms with Crippen molar-refractivity contribution < 1.29 is 17.9 Å². The van der Waals surface area contributed by atoms with Gasteiger partial charge in [-0.25, -0.2) is 17.5 Å². The van der Waals surface area contributed by atoms with Crippen LogP contribution in [-0.2, 0) is 10.0 Å². The zero-order chi connectivity index (χ0) is 15.5. The third-order valence-corrected chi connectivity index (χ3v) is 5.12. The molecule has 0 bridgehead atoms. The van der Waals surface area contributed by atoms with Crippen LogP contribution in [0.3, 0.4) is 0 Å². The summed E-state index contributed by atoms with van der Waals surface area (Å²) >= 11 is 3.00. The lowest BCUT2D eigenvalue weighted by molar-refractivity contribution is 0.240. The van der Waals surface area contributed by atoms with Gasteiger partial charge in [0.2, 0.25) is 10.0 Å². The number of anilines is 1. The molecule has 0 aliphatic carbocycles. The summed E-state index contributed by atoms with van der Waals surface area (Å²) in [5.74, 6) is -0.478. The minimum absolute atomic E-state index is 0.0814. The third kappa shape index (κ3) is 4.41. The van der Waals surface area contributed by atoms with Crippen molar-refractivity contribution in [1.29, 1.82) is 0 Å². The molecule has 0 radical (unpaired) electrons. The van der Waals surface area contributed by atoms with E-state index >= 15 is 0 Å². The fourth-order valence-corrected chi connectivity index (χ4v) is 4.05. The van der Waals surface area contributed by atoms with Crippen LogP contribution in [0, 0.1) is 11.7 Å². The molecule has 20 heavy (non-hydrogen) atoms. The predicted molar refractivity (Wildman–Crippen MR) is 79.2 cm³/mol. The van der Waals surface area contributed by atoms with E-state index in [0.717, 1.165) is 12.1 Å². The first kappa shape index (κ1) is 17.4. The third-order valence-electron chi connectivity index (χ3n) is 2.64. The summed E-state index contributed by atoms with van der Waals surface area (Å²) in [6.07, 6.45) is 0.490. The Morgan fingerprint density at radius 2 is 2.05 bits per heavy atom. The van der Waals surface area contributed by atoms with Crippen molar-refractivity contribution in [3.8, 4) is 0 Å². The normalized spacial score (nSPS) is 13.7. The van der Waals surface area contributed by atoms with Crippen LogP contribution in [0.2, 0.25) is 0 Å². The highest BCUT2D eigenvalue weighted by atomic mass is 79.9. The Labute approximate surface area is 126 Å². The quantitative estimate of drug-likeness (QED) is 0.668. The molecule has 1 rings (SSSR count). The van der Waals surface area contributed by atoms with Gasteiger partial charge in [0.1, 0.15) is 5.82 Å². The smallest absolute Gasteiger partial charge is 0.242 e. The molecule has 5 nitrogen and oxygen atoms in total. The lowest BCUT2D eigenvalue weighted by Crippen LogP contribution is -2.38. The molecule has 114 valence electrons. The molecule has 0 aliphatic heterocycles. The van der Waals surface area contributed by atoms with Crippen LogP contribution in [0.4, 0.5) is 10.1 Å². The Morgan fingerprint density at radius 3 is 2.55 bits per heavy atom. The molecule has 0 saturated heterocycles. The molecule has 1 aromatic rings. The summed E-state index contributed by atoms with van der Waals surface area (Å²) in [4.78, 5) is -0.154. The van der Waals surface area contributed by atoms with Crippen molar-refractivity contribution in [2.75, 3.05) is 12.3 Å². The Bertz CT molecular complexity index is 578. The lowest BCUT2D eigenvalue weighted by Gasteiger charge is -2.19. The molecule has 0 spiro atoms. The first-order valence-corrected chi connectivity index (χ1v) is 8.32. The zero-order valence-electron chi connectivity index (χ0n) is 11.2. The number of nitrogen functional groups attached to an aromatic ring is 1. The fourth-order valence-electron chi connectivity index (χ4n) is 1.76. The topological polar surface area (TPSA) is 92.4 Å². The summed E-state index contributed by atoms with van der Waals surface area (Å²) in [5, 5.41) is 9.23. The van der Waals surface area contributed by atoms with E-state index in [9.17, 15) is 17.9 Å². The fraction of sp³-hybridized carbons (Fsp3) is 0.500. The summed E-state index contributed by atoms with van der Waals surface area (Å²) in [7, 11) is -3.89. The Balaban J connectivity index is 3.08. The van der Waals surface area contributed by atoms with Crippen LogP contribution in [0.1, 0.15) is 20.3 Å². The van der Waals surface area contributed by atoms with Gasteiger partial charge in [-0.05, 0) is 40.4 Å². The Morgan fingerprint density at radius 1 is 1.45 bits per heavy atom. The van der Waals surface area contributed by atoms with Gasteiger partial charge in [0.05, 0.1) is 17.2 Å². The number of sulfonamides is 1. The monoisotopic (exact) mass is 368 g/mol. The van der Waals surface area contributed by atoms with Crippen LogP contribution in [-0.4, -0.2) is 26.2 Å². The Hall–Kier alpha value is -0.700. The average molecular weight is 369 g/mol. The van der Waals surface area contributed by atoms with Gasteiger partial charge in [-0.1, -0.05) is 13.8 Å². The van der Waals surface area contributed by atoms with Crippen molar-refractivity contribution in [1.82, 2.24) is 4.72 Å². The maximum atomic E-state index is 13.2. The van der Waals surface area contributed by atoms with E-state index in [4.69, 9.17) is 5.73 Å². The lowest BCUT2D eigenvalue weighted by atomic mass is 10.1. The van der Waals surface area contributed by atoms with E-state index < -0.39 is 21.9 Å². The predicted octanol–water partition coefficient (Wildman–Crippen LogP) is 1.86. The molecule has 0 aliphatic rings. The maximum absolute atomic E-state index is 13.2. The second-order valence-electron chi connectivity index (χ2n) is 4.93. The second-order valence-corrected chi connectivity index (χ2v) is 7.47. The molecule has 8 heteroatoms. The molecule has 0 saturated carbocycles. The molecule has 0 fully saturated rings. The molecular weight excluding hydrogens is 351 g/mol. The van der Waals surface area contributed by atoms with Gasteiger partial charge in [-0.15, -0.1) is 0 Å². The first-order valence-electron chi connectivity index (χ1n) is 6.05. The van der Waals surface area contributed by atoms with Gasteiger partial charge in [-0.3, -0.25) is 0 Å². The van der Waals surface area contributed by atoms with Crippen LogP contribution in [0.15, 0.2) is 21.5 Å². The number of hydrogen-bond donors (Lipinski definition) is 3. The van der Waals surface area contributed by atoms with Crippen LogP contribution >= 0.6 is 15.9 Å². The van der Waals surface area contributed by atoms with Crippen LogP contribution in [0.25, 0.3) is 0 Å². The molecule has 1 unspecified atom stereocenters. The van der Waals surface area contributed by atoms with E-state index in [1.54, 1.807) is 0 Å². The van der Waals surface area contributed by atoms with Crippen LogP contribution in [0.5, 0.6) is 0 Å². The average Bonchev–Trinajstić information content (AvgIpc) is 2.31. The number of nitrogens with one attached hydrogen (secondary N) is 1. The molecule has 0 aromatic heterocycles. The van der Waals surface area contributed by atoms with E-state index in [-0.39, 0.29) is 27.6 Å². The molecule has 1 aromatic carbocycles. The first-order chi connectivity index (χ1) is 9.17. The van der Waals surface area contributed by atoms with Crippen molar-refractivity contribution >= 4 is 31.6 Å².